The van der Waals surface area contributed by atoms with Crippen LogP contribution < -0.4 is 4.90 Å². The average Bonchev–Trinajstić information content (AvgIpc) is 3.13. The van der Waals surface area contributed by atoms with E-state index in [9.17, 15) is 14.9 Å². The molecule has 0 bridgehead atoms. The maximum Gasteiger partial charge on any atom is 0.270 e. The fourth-order valence-corrected chi connectivity index (χ4v) is 2.58. The lowest BCUT2D eigenvalue weighted by molar-refractivity contribution is -0.384. The highest BCUT2D eigenvalue weighted by Crippen LogP contribution is 2.27. The van der Waals surface area contributed by atoms with Gasteiger partial charge in [-0.2, -0.15) is 0 Å². The molecule has 0 aliphatic heterocycles. The summed E-state index contributed by atoms with van der Waals surface area (Å²) in [6, 6.07) is 16.2. The van der Waals surface area contributed by atoms with Crippen molar-refractivity contribution in [1.82, 2.24) is 0 Å². The van der Waals surface area contributed by atoms with Crippen LogP contribution in [0, 0.1) is 10.1 Å². The Morgan fingerprint density at radius 2 is 1.88 bits per heavy atom. The maximum absolute atomic E-state index is 13.0. The Labute approximate surface area is 148 Å². The van der Waals surface area contributed by atoms with Crippen molar-refractivity contribution in [2.75, 3.05) is 4.90 Å². The van der Waals surface area contributed by atoms with Gasteiger partial charge in [0.1, 0.15) is 5.76 Å². The van der Waals surface area contributed by atoms with Crippen molar-refractivity contribution < 1.29 is 14.1 Å². The van der Waals surface area contributed by atoms with Crippen LogP contribution in [0.3, 0.4) is 0 Å². The molecular formula is C18H13ClN2O4. The van der Waals surface area contributed by atoms with Crippen LogP contribution in [0.5, 0.6) is 0 Å². The van der Waals surface area contributed by atoms with Crippen molar-refractivity contribution in [3.05, 3.63) is 93.4 Å². The third-order valence-electron chi connectivity index (χ3n) is 3.60. The zero-order valence-corrected chi connectivity index (χ0v) is 13.7. The fraction of sp³-hybridized carbons (Fsp3) is 0.0556. The lowest BCUT2D eigenvalue weighted by Crippen LogP contribution is -2.30. The summed E-state index contributed by atoms with van der Waals surface area (Å²) in [6.45, 7) is 0.175. The van der Waals surface area contributed by atoms with Crippen LogP contribution in [0.4, 0.5) is 11.4 Å². The number of benzene rings is 2. The number of carbonyl (C=O) groups is 1. The van der Waals surface area contributed by atoms with E-state index in [1.807, 2.05) is 6.07 Å². The second-order valence-corrected chi connectivity index (χ2v) is 5.63. The third-order valence-corrected chi connectivity index (χ3v) is 3.93. The minimum absolute atomic E-state index is 0.0614. The Hall–Kier alpha value is -3.12. The van der Waals surface area contributed by atoms with Crippen LogP contribution in [0.1, 0.15) is 16.1 Å². The van der Waals surface area contributed by atoms with E-state index in [4.69, 9.17) is 16.0 Å². The number of carbonyl (C=O) groups excluding carboxylic acids is 1. The molecule has 3 aromatic rings. The first kappa shape index (κ1) is 16.7. The molecule has 0 saturated carbocycles. The topological polar surface area (TPSA) is 76.6 Å². The van der Waals surface area contributed by atoms with Crippen LogP contribution >= 0.6 is 11.6 Å². The number of furan rings is 1. The van der Waals surface area contributed by atoms with E-state index in [0.29, 0.717) is 11.4 Å². The molecule has 126 valence electrons. The summed E-state index contributed by atoms with van der Waals surface area (Å²) in [5.41, 5.74) is 0.497. The number of amides is 1. The summed E-state index contributed by atoms with van der Waals surface area (Å²) in [7, 11) is 0. The minimum atomic E-state index is -0.563. The molecule has 0 radical (unpaired) electrons. The molecule has 0 N–H and O–H groups in total. The van der Waals surface area contributed by atoms with Gasteiger partial charge in [0, 0.05) is 17.8 Å². The Morgan fingerprint density at radius 1 is 1.12 bits per heavy atom. The van der Waals surface area contributed by atoms with Gasteiger partial charge in [0.2, 0.25) is 0 Å². The Balaban J connectivity index is 2.02. The van der Waals surface area contributed by atoms with Crippen LogP contribution in [-0.2, 0) is 6.54 Å². The molecule has 0 fully saturated rings. The number of anilines is 1. The number of rotatable bonds is 5. The van der Waals surface area contributed by atoms with E-state index in [1.54, 1.807) is 36.4 Å². The van der Waals surface area contributed by atoms with E-state index >= 15 is 0 Å². The average molecular weight is 357 g/mol. The van der Waals surface area contributed by atoms with Gasteiger partial charge in [0.05, 0.1) is 28.3 Å². The number of nitro benzene ring substituents is 1. The molecule has 0 saturated heterocycles. The molecule has 1 amide bonds. The molecule has 0 aliphatic carbocycles. The molecule has 0 unspecified atom stereocenters. The normalized spacial score (nSPS) is 10.4. The first-order valence-electron chi connectivity index (χ1n) is 7.39. The van der Waals surface area contributed by atoms with Crippen LogP contribution in [0.2, 0.25) is 5.02 Å². The van der Waals surface area contributed by atoms with Gasteiger partial charge in [-0.15, -0.1) is 0 Å². The first-order valence-corrected chi connectivity index (χ1v) is 7.77. The Morgan fingerprint density at radius 3 is 2.52 bits per heavy atom. The zero-order valence-electron chi connectivity index (χ0n) is 13.0. The van der Waals surface area contributed by atoms with Crippen LogP contribution in [0.15, 0.2) is 71.3 Å². The summed E-state index contributed by atoms with van der Waals surface area (Å²) in [5.74, 6) is 0.134. The number of nitro groups is 1. The molecule has 0 atom stereocenters. The van der Waals surface area contributed by atoms with Crippen molar-refractivity contribution in [2.24, 2.45) is 0 Å². The number of hydrogen-bond donors (Lipinski definition) is 0. The zero-order chi connectivity index (χ0) is 17.8. The van der Waals surface area contributed by atoms with E-state index in [2.05, 4.69) is 0 Å². The van der Waals surface area contributed by atoms with Gasteiger partial charge in [0.25, 0.3) is 11.6 Å². The van der Waals surface area contributed by atoms with Crippen LogP contribution in [-0.4, -0.2) is 10.8 Å². The van der Waals surface area contributed by atoms with Crippen molar-refractivity contribution in [1.29, 1.82) is 0 Å². The maximum atomic E-state index is 13.0. The highest BCUT2D eigenvalue weighted by Gasteiger charge is 2.23. The first-order chi connectivity index (χ1) is 12.1. The number of halogens is 1. The molecule has 6 nitrogen and oxygen atoms in total. The van der Waals surface area contributed by atoms with Crippen molar-refractivity contribution >= 4 is 28.9 Å². The standard InChI is InChI=1S/C18H13ClN2O4/c19-17-9-8-14(21(23)24)11-16(17)18(22)20(12-15-7-4-10-25-15)13-5-2-1-3-6-13/h1-11H,12H2. The largest absolute Gasteiger partial charge is 0.467 e. The lowest BCUT2D eigenvalue weighted by Gasteiger charge is -2.22. The summed E-state index contributed by atoms with van der Waals surface area (Å²) >= 11 is 6.12. The molecular weight excluding hydrogens is 344 g/mol. The van der Waals surface area contributed by atoms with Gasteiger partial charge >= 0.3 is 0 Å². The molecule has 1 aromatic heterocycles. The smallest absolute Gasteiger partial charge is 0.270 e. The van der Waals surface area contributed by atoms with E-state index in [0.717, 1.165) is 0 Å². The van der Waals surface area contributed by atoms with Crippen molar-refractivity contribution in [3.8, 4) is 0 Å². The summed E-state index contributed by atoms with van der Waals surface area (Å²) in [6.07, 6.45) is 1.52. The van der Waals surface area contributed by atoms with E-state index in [-0.39, 0.29) is 22.8 Å². The van der Waals surface area contributed by atoms with E-state index < -0.39 is 10.8 Å². The molecule has 3 rings (SSSR count). The van der Waals surface area contributed by atoms with Crippen LogP contribution in [0.25, 0.3) is 0 Å². The number of non-ortho nitro benzene ring substituents is 1. The van der Waals surface area contributed by atoms with Crippen molar-refractivity contribution in [2.45, 2.75) is 6.54 Å². The van der Waals surface area contributed by atoms with Crippen molar-refractivity contribution in [3.63, 3.8) is 0 Å². The highest BCUT2D eigenvalue weighted by atomic mass is 35.5. The number of para-hydroxylation sites is 1. The van der Waals surface area contributed by atoms with E-state index in [1.165, 1.54) is 29.4 Å². The minimum Gasteiger partial charge on any atom is -0.467 e. The summed E-state index contributed by atoms with van der Waals surface area (Å²) in [4.78, 5) is 24.9. The summed E-state index contributed by atoms with van der Waals surface area (Å²) in [5, 5.41) is 11.2. The van der Waals surface area contributed by atoms with Gasteiger partial charge in [-0.05, 0) is 30.3 Å². The predicted octanol–water partition coefficient (Wildman–Crippen LogP) is 4.69. The molecule has 2 aromatic carbocycles. The number of hydrogen-bond acceptors (Lipinski definition) is 4. The van der Waals surface area contributed by atoms with Gasteiger partial charge in [0.15, 0.2) is 0 Å². The second-order valence-electron chi connectivity index (χ2n) is 5.23. The molecule has 25 heavy (non-hydrogen) atoms. The molecule has 0 spiro atoms. The van der Waals surface area contributed by atoms with Gasteiger partial charge in [-0.25, -0.2) is 0 Å². The third kappa shape index (κ3) is 3.70. The number of nitrogens with zero attached hydrogens (tertiary/aromatic N) is 2. The van der Waals surface area contributed by atoms with Gasteiger partial charge < -0.3 is 9.32 Å². The fourth-order valence-electron chi connectivity index (χ4n) is 2.38. The summed E-state index contributed by atoms with van der Waals surface area (Å²) < 4.78 is 5.33. The Kier molecular flexibility index (Phi) is 4.81. The monoisotopic (exact) mass is 356 g/mol. The van der Waals surface area contributed by atoms with Gasteiger partial charge in [-0.1, -0.05) is 29.8 Å². The highest BCUT2D eigenvalue weighted by molar-refractivity contribution is 6.34. The SMILES string of the molecule is O=C(c1cc([N+](=O)[O-])ccc1Cl)N(Cc1ccco1)c1ccccc1. The van der Waals surface area contributed by atoms with Gasteiger partial charge in [-0.3, -0.25) is 14.9 Å². The quantitative estimate of drug-likeness (QED) is 0.491. The molecule has 7 heteroatoms. The second kappa shape index (κ2) is 7.19. The molecule has 0 aliphatic rings. The predicted molar refractivity (Wildman–Crippen MR) is 93.8 cm³/mol. The lowest BCUT2D eigenvalue weighted by atomic mass is 10.1. The molecule has 1 heterocycles. The Bertz CT molecular complexity index is 895.